The van der Waals surface area contributed by atoms with E-state index in [0.717, 1.165) is 36.8 Å². The number of hydrogen-bond donors (Lipinski definition) is 2. The van der Waals surface area contributed by atoms with Gasteiger partial charge in [0.15, 0.2) is 5.96 Å². The van der Waals surface area contributed by atoms with Crippen molar-refractivity contribution in [1.29, 1.82) is 0 Å². The van der Waals surface area contributed by atoms with Crippen LogP contribution in [-0.4, -0.2) is 62.0 Å². The van der Waals surface area contributed by atoms with Crippen molar-refractivity contribution in [2.24, 2.45) is 4.99 Å². The monoisotopic (exact) mass is 449 g/mol. The molecule has 0 spiro atoms. The maximum Gasteiger partial charge on any atom is 0.194 e. The van der Waals surface area contributed by atoms with Crippen LogP contribution in [0.4, 0.5) is 0 Å². The number of guanidine groups is 1. The van der Waals surface area contributed by atoms with Crippen molar-refractivity contribution >= 4 is 29.9 Å². The van der Waals surface area contributed by atoms with E-state index in [0.29, 0.717) is 26.3 Å². The minimum absolute atomic E-state index is 0. The van der Waals surface area contributed by atoms with Crippen LogP contribution >= 0.6 is 24.0 Å². The van der Waals surface area contributed by atoms with Crippen molar-refractivity contribution < 1.29 is 14.6 Å². The molecule has 0 bridgehead atoms. The van der Waals surface area contributed by atoms with Crippen LogP contribution in [0.2, 0.25) is 0 Å². The number of nitrogens with one attached hydrogen (secondary N) is 1. The van der Waals surface area contributed by atoms with Gasteiger partial charge in [0.05, 0.1) is 19.3 Å². The number of likely N-dealkylation sites (tertiary alicyclic amines) is 1. The highest BCUT2D eigenvalue weighted by molar-refractivity contribution is 14.0. The SMILES string of the molecule is CCNC(=NCc1cccc(OCCOC)c1)N1CC[C@@H](O)C1.I. The van der Waals surface area contributed by atoms with Gasteiger partial charge in [-0.1, -0.05) is 12.1 Å². The molecule has 6 nitrogen and oxygen atoms in total. The quantitative estimate of drug-likeness (QED) is 0.288. The molecule has 0 unspecified atom stereocenters. The summed E-state index contributed by atoms with van der Waals surface area (Å²) in [6, 6.07) is 7.95. The molecular formula is C17H28IN3O3. The molecule has 0 saturated carbocycles. The Kier molecular flexibility index (Phi) is 10.0. The Bertz CT molecular complexity index is 514. The summed E-state index contributed by atoms with van der Waals surface area (Å²) in [6.07, 6.45) is 0.545. The Morgan fingerprint density at radius 1 is 1.42 bits per heavy atom. The fraction of sp³-hybridized carbons (Fsp3) is 0.588. The molecule has 1 heterocycles. The largest absolute Gasteiger partial charge is 0.491 e. The minimum atomic E-state index is -0.253. The third kappa shape index (κ3) is 6.82. The van der Waals surface area contributed by atoms with Crippen LogP contribution < -0.4 is 10.1 Å². The molecule has 0 amide bonds. The van der Waals surface area contributed by atoms with Crippen LogP contribution in [0.1, 0.15) is 18.9 Å². The first-order valence-electron chi connectivity index (χ1n) is 8.15. The smallest absolute Gasteiger partial charge is 0.194 e. The van der Waals surface area contributed by atoms with Gasteiger partial charge in [-0.2, -0.15) is 0 Å². The minimum Gasteiger partial charge on any atom is -0.491 e. The number of aliphatic hydroxyl groups excluding tert-OH is 1. The molecule has 1 aliphatic rings. The third-order valence-corrected chi connectivity index (χ3v) is 3.66. The average molecular weight is 449 g/mol. The van der Waals surface area contributed by atoms with E-state index in [-0.39, 0.29) is 30.1 Å². The van der Waals surface area contributed by atoms with E-state index in [1.807, 2.05) is 31.2 Å². The number of β-amino-alcohol motifs (C(OH)–C–C–N with tert-alkyl or cyclic N) is 1. The molecule has 24 heavy (non-hydrogen) atoms. The number of nitrogens with zero attached hydrogens (tertiary/aromatic N) is 2. The predicted molar refractivity (Wildman–Crippen MR) is 106 cm³/mol. The van der Waals surface area contributed by atoms with Gasteiger partial charge in [0.2, 0.25) is 0 Å². The van der Waals surface area contributed by atoms with E-state index >= 15 is 0 Å². The second-order valence-electron chi connectivity index (χ2n) is 5.55. The number of aliphatic hydroxyl groups is 1. The molecule has 0 aliphatic carbocycles. The van der Waals surface area contributed by atoms with Crippen molar-refractivity contribution in [1.82, 2.24) is 10.2 Å². The number of methoxy groups -OCH3 is 1. The van der Waals surface area contributed by atoms with E-state index in [2.05, 4.69) is 15.2 Å². The molecule has 136 valence electrons. The Morgan fingerprint density at radius 2 is 2.25 bits per heavy atom. The second-order valence-corrected chi connectivity index (χ2v) is 5.55. The number of halogens is 1. The Hall–Kier alpha value is -1.06. The molecular weight excluding hydrogens is 421 g/mol. The standard InChI is InChI=1S/C17H27N3O3.HI/c1-3-18-17(20-8-7-15(21)13-20)19-12-14-5-4-6-16(11-14)23-10-9-22-2;/h4-6,11,15,21H,3,7-10,12-13H2,1-2H3,(H,18,19);1H/t15-;/m1./s1. The van der Waals surface area contributed by atoms with Gasteiger partial charge in [0.25, 0.3) is 0 Å². The van der Waals surface area contributed by atoms with Crippen molar-refractivity contribution in [3.8, 4) is 5.75 Å². The molecule has 1 atom stereocenters. The topological polar surface area (TPSA) is 66.3 Å². The van der Waals surface area contributed by atoms with Gasteiger partial charge in [-0.15, -0.1) is 24.0 Å². The lowest BCUT2D eigenvalue weighted by atomic mass is 10.2. The van der Waals surface area contributed by atoms with Crippen molar-refractivity contribution in [2.45, 2.75) is 26.0 Å². The molecule has 1 aliphatic heterocycles. The number of ether oxygens (including phenoxy) is 2. The first-order valence-corrected chi connectivity index (χ1v) is 8.15. The highest BCUT2D eigenvalue weighted by Gasteiger charge is 2.22. The van der Waals surface area contributed by atoms with E-state index in [4.69, 9.17) is 9.47 Å². The van der Waals surface area contributed by atoms with Crippen LogP contribution in [0.25, 0.3) is 0 Å². The maximum absolute atomic E-state index is 9.69. The molecule has 1 fully saturated rings. The lowest BCUT2D eigenvalue weighted by Crippen LogP contribution is -2.40. The summed E-state index contributed by atoms with van der Waals surface area (Å²) in [5.74, 6) is 1.69. The Morgan fingerprint density at radius 3 is 2.92 bits per heavy atom. The summed E-state index contributed by atoms with van der Waals surface area (Å²) in [5, 5.41) is 13.0. The highest BCUT2D eigenvalue weighted by atomic mass is 127. The van der Waals surface area contributed by atoms with Crippen LogP contribution in [-0.2, 0) is 11.3 Å². The average Bonchev–Trinajstić information content (AvgIpc) is 2.98. The summed E-state index contributed by atoms with van der Waals surface area (Å²) in [7, 11) is 1.66. The summed E-state index contributed by atoms with van der Waals surface area (Å²) < 4.78 is 10.6. The zero-order valence-corrected chi connectivity index (χ0v) is 16.7. The lowest BCUT2D eigenvalue weighted by Gasteiger charge is -2.21. The van der Waals surface area contributed by atoms with Gasteiger partial charge in [-0.3, -0.25) is 0 Å². The van der Waals surface area contributed by atoms with E-state index in [1.165, 1.54) is 0 Å². The zero-order chi connectivity index (χ0) is 16.5. The molecule has 1 aromatic rings. The number of benzene rings is 1. The summed E-state index contributed by atoms with van der Waals surface area (Å²) in [4.78, 5) is 6.78. The fourth-order valence-electron chi connectivity index (χ4n) is 2.50. The van der Waals surface area contributed by atoms with Gasteiger partial charge in [0, 0.05) is 26.7 Å². The maximum atomic E-state index is 9.69. The predicted octanol–water partition coefficient (Wildman–Crippen LogP) is 1.86. The van der Waals surface area contributed by atoms with Gasteiger partial charge in [0.1, 0.15) is 12.4 Å². The molecule has 1 aromatic carbocycles. The van der Waals surface area contributed by atoms with Gasteiger partial charge < -0.3 is 24.8 Å². The summed E-state index contributed by atoms with van der Waals surface area (Å²) >= 11 is 0. The van der Waals surface area contributed by atoms with Gasteiger partial charge in [-0.25, -0.2) is 4.99 Å². The van der Waals surface area contributed by atoms with E-state index < -0.39 is 0 Å². The number of hydrogen-bond acceptors (Lipinski definition) is 4. The zero-order valence-electron chi connectivity index (χ0n) is 14.4. The fourth-order valence-corrected chi connectivity index (χ4v) is 2.50. The van der Waals surface area contributed by atoms with Crippen molar-refractivity contribution in [3.63, 3.8) is 0 Å². The molecule has 2 rings (SSSR count). The molecule has 0 aromatic heterocycles. The highest BCUT2D eigenvalue weighted by Crippen LogP contribution is 2.15. The van der Waals surface area contributed by atoms with Crippen LogP contribution in [0.5, 0.6) is 5.75 Å². The van der Waals surface area contributed by atoms with Crippen molar-refractivity contribution in [2.75, 3.05) is 40.0 Å². The number of aliphatic imine (C=N–C) groups is 1. The van der Waals surface area contributed by atoms with Gasteiger partial charge in [-0.05, 0) is 31.0 Å². The Balaban J connectivity index is 0.00000288. The van der Waals surface area contributed by atoms with E-state index in [9.17, 15) is 5.11 Å². The summed E-state index contributed by atoms with van der Waals surface area (Å²) in [5.41, 5.74) is 1.09. The van der Waals surface area contributed by atoms with Crippen LogP contribution in [0.15, 0.2) is 29.3 Å². The first kappa shape index (κ1) is 21.0. The Labute approximate surface area is 161 Å². The molecule has 2 N–H and O–H groups in total. The number of rotatable bonds is 7. The molecule has 0 radical (unpaired) electrons. The molecule has 1 saturated heterocycles. The second kappa shape index (κ2) is 11.5. The molecule has 7 heteroatoms. The van der Waals surface area contributed by atoms with Crippen LogP contribution in [0, 0.1) is 0 Å². The van der Waals surface area contributed by atoms with Crippen LogP contribution in [0.3, 0.4) is 0 Å². The lowest BCUT2D eigenvalue weighted by molar-refractivity contribution is 0.146. The third-order valence-electron chi connectivity index (χ3n) is 3.66. The first-order chi connectivity index (χ1) is 11.2. The van der Waals surface area contributed by atoms with E-state index in [1.54, 1.807) is 7.11 Å². The summed E-state index contributed by atoms with van der Waals surface area (Å²) in [6.45, 7) is 6.04. The van der Waals surface area contributed by atoms with Gasteiger partial charge >= 0.3 is 0 Å². The normalized spacial score (nSPS) is 17.5. The van der Waals surface area contributed by atoms with Crippen molar-refractivity contribution in [3.05, 3.63) is 29.8 Å².